The maximum atomic E-state index is 13.8. The van der Waals surface area contributed by atoms with Crippen molar-refractivity contribution < 1.29 is 9.53 Å². The molecule has 5 aromatic rings. The van der Waals surface area contributed by atoms with Crippen LogP contribution in [0.15, 0.2) is 83.9 Å². The number of nitrogens with zero attached hydrogens (tertiary/aromatic N) is 1. The third-order valence-electron chi connectivity index (χ3n) is 8.15. The molecule has 1 amide bonds. The van der Waals surface area contributed by atoms with Gasteiger partial charge in [-0.05, 0) is 72.1 Å². The van der Waals surface area contributed by atoms with Crippen LogP contribution < -0.4 is 10.1 Å². The number of hydrogen-bond acceptors (Lipinski definition) is 4. The highest BCUT2D eigenvalue weighted by Gasteiger charge is 2.33. The number of methoxy groups -OCH3 is 1. The summed E-state index contributed by atoms with van der Waals surface area (Å²) in [6, 6.07) is 25.9. The van der Waals surface area contributed by atoms with E-state index in [4.69, 9.17) is 9.73 Å². The molecule has 1 atom stereocenters. The first-order valence-electron chi connectivity index (χ1n) is 14.1. The van der Waals surface area contributed by atoms with Crippen molar-refractivity contribution >= 4 is 45.0 Å². The number of carbonyl (C=O) groups excluding carboxylic acids is 1. The summed E-state index contributed by atoms with van der Waals surface area (Å²) < 4.78 is 5.55. The van der Waals surface area contributed by atoms with E-state index in [0.717, 1.165) is 69.0 Å². The molecule has 1 aliphatic rings. The van der Waals surface area contributed by atoms with Gasteiger partial charge in [-0.25, -0.2) is 4.99 Å². The Morgan fingerprint density at radius 1 is 1.05 bits per heavy atom. The van der Waals surface area contributed by atoms with Crippen molar-refractivity contribution in [3.63, 3.8) is 0 Å². The molecule has 0 bridgehead atoms. The Balaban J connectivity index is 1.46. The van der Waals surface area contributed by atoms with Crippen LogP contribution in [0.5, 0.6) is 5.75 Å². The highest BCUT2D eigenvalue weighted by Crippen LogP contribution is 2.45. The third-order valence-corrected chi connectivity index (χ3v) is 9.31. The van der Waals surface area contributed by atoms with Gasteiger partial charge >= 0.3 is 0 Å². The zero-order valence-electron chi connectivity index (χ0n) is 24.0. The zero-order valence-corrected chi connectivity index (χ0v) is 24.8. The molecule has 0 radical (unpaired) electrons. The van der Waals surface area contributed by atoms with Crippen LogP contribution in [0.3, 0.4) is 0 Å². The largest absolute Gasteiger partial charge is 0.497 e. The summed E-state index contributed by atoms with van der Waals surface area (Å²) in [4.78, 5) is 23.7. The summed E-state index contributed by atoms with van der Waals surface area (Å²) in [6.45, 7) is 6.94. The van der Waals surface area contributed by atoms with E-state index in [2.05, 4.69) is 43.2 Å². The summed E-state index contributed by atoms with van der Waals surface area (Å²) in [6.07, 6.45) is 4.85. The van der Waals surface area contributed by atoms with Crippen LogP contribution in [0, 0.1) is 11.3 Å². The predicted molar refractivity (Wildman–Crippen MR) is 171 cm³/mol. The number of rotatable bonds is 6. The van der Waals surface area contributed by atoms with E-state index in [-0.39, 0.29) is 11.3 Å². The van der Waals surface area contributed by atoms with Crippen molar-refractivity contribution in [2.24, 2.45) is 16.3 Å². The second-order valence-electron chi connectivity index (χ2n) is 11.8. The van der Waals surface area contributed by atoms with E-state index >= 15 is 0 Å². The van der Waals surface area contributed by atoms with Gasteiger partial charge in [0.15, 0.2) is 0 Å². The number of fused-ring (bicyclic) bond motifs is 2. The van der Waals surface area contributed by atoms with Crippen molar-refractivity contribution in [3.8, 4) is 17.0 Å². The summed E-state index contributed by atoms with van der Waals surface area (Å²) in [5.41, 5.74) is 6.89. The quantitative estimate of drug-likeness (QED) is 0.203. The van der Waals surface area contributed by atoms with Crippen LogP contribution in [0.2, 0.25) is 0 Å². The number of nitrogens with one attached hydrogen (secondary N) is 2. The number of H-pyrrole nitrogens is 1. The fourth-order valence-electron chi connectivity index (χ4n) is 5.76. The number of benzene rings is 3. The lowest BCUT2D eigenvalue weighted by molar-refractivity contribution is 0.102. The number of aromatic amines is 1. The number of thiophene rings is 1. The van der Waals surface area contributed by atoms with E-state index in [0.29, 0.717) is 11.5 Å². The molecule has 3 aromatic carbocycles. The second kappa shape index (κ2) is 11.0. The van der Waals surface area contributed by atoms with Gasteiger partial charge in [0.2, 0.25) is 0 Å². The summed E-state index contributed by atoms with van der Waals surface area (Å²) in [7, 11) is 1.68. The van der Waals surface area contributed by atoms with Crippen molar-refractivity contribution in [2.45, 2.75) is 40.0 Å². The molecule has 6 rings (SSSR count). The van der Waals surface area contributed by atoms with Gasteiger partial charge in [-0.1, -0.05) is 69.3 Å². The summed E-state index contributed by atoms with van der Waals surface area (Å²) >= 11 is 1.66. The van der Waals surface area contributed by atoms with Crippen molar-refractivity contribution in [1.82, 2.24) is 4.98 Å². The topological polar surface area (TPSA) is 66.5 Å². The Labute approximate surface area is 245 Å². The van der Waals surface area contributed by atoms with Crippen LogP contribution in [0.1, 0.15) is 53.6 Å². The van der Waals surface area contributed by atoms with E-state index in [1.54, 1.807) is 18.4 Å². The number of hydrogen-bond donors (Lipinski definition) is 2. The van der Waals surface area contributed by atoms with Crippen molar-refractivity contribution in [1.29, 1.82) is 0 Å². The Hall–Kier alpha value is -4.16. The van der Waals surface area contributed by atoms with Gasteiger partial charge in [0.1, 0.15) is 10.8 Å². The van der Waals surface area contributed by atoms with E-state index in [9.17, 15) is 4.79 Å². The monoisotopic (exact) mass is 561 g/mol. The molecule has 0 fully saturated rings. The number of aromatic nitrogens is 1. The lowest BCUT2D eigenvalue weighted by Gasteiger charge is -2.33. The molecular weight excluding hydrogens is 526 g/mol. The van der Waals surface area contributed by atoms with Crippen molar-refractivity contribution in [3.05, 3.63) is 100 Å². The number of para-hydroxylation sites is 1. The first-order chi connectivity index (χ1) is 19.8. The molecule has 1 aliphatic carbocycles. The Bertz CT molecular complexity index is 1730. The first-order valence-corrected chi connectivity index (χ1v) is 14.9. The predicted octanol–water partition coefficient (Wildman–Crippen LogP) is 9.06. The zero-order chi connectivity index (χ0) is 28.6. The minimum absolute atomic E-state index is 0.0982. The number of carbonyl (C=O) groups is 1. The molecule has 2 heterocycles. The molecule has 0 saturated carbocycles. The minimum atomic E-state index is -0.0982. The maximum absolute atomic E-state index is 13.8. The second-order valence-corrected chi connectivity index (χ2v) is 12.8. The van der Waals surface area contributed by atoms with E-state index in [1.165, 1.54) is 4.88 Å². The van der Waals surface area contributed by atoms with Gasteiger partial charge in [0.25, 0.3) is 5.91 Å². The molecule has 5 nitrogen and oxygen atoms in total. The molecular formula is C35H35N3O2S. The Morgan fingerprint density at radius 2 is 1.78 bits per heavy atom. The maximum Gasteiger partial charge on any atom is 0.259 e. The van der Waals surface area contributed by atoms with Gasteiger partial charge in [0.05, 0.1) is 18.4 Å². The van der Waals surface area contributed by atoms with Crippen LogP contribution in [0.25, 0.3) is 22.2 Å². The number of aliphatic imine (C=N–C) groups is 1. The molecule has 6 heteroatoms. The molecule has 0 saturated heterocycles. The fourth-order valence-corrected chi connectivity index (χ4v) is 7.03. The number of amides is 1. The number of anilines is 1. The van der Waals surface area contributed by atoms with E-state index < -0.39 is 0 Å². The molecule has 2 aromatic heterocycles. The van der Waals surface area contributed by atoms with Gasteiger partial charge < -0.3 is 15.0 Å². The van der Waals surface area contributed by atoms with Crippen molar-refractivity contribution in [2.75, 3.05) is 12.4 Å². The molecule has 0 unspecified atom stereocenters. The average molecular weight is 562 g/mol. The highest BCUT2D eigenvalue weighted by atomic mass is 32.1. The number of ether oxygens (including phenoxy) is 1. The normalized spacial score (nSPS) is 15.3. The highest BCUT2D eigenvalue weighted by molar-refractivity contribution is 7.16. The van der Waals surface area contributed by atoms with Crippen LogP contribution >= 0.6 is 11.3 Å². The summed E-state index contributed by atoms with van der Waals surface area (Å²) in [5, 5.41) is 4.91. The Morgan fingerprint density at radius 3 is 2.49 bits per heavy atom. The van der Waals surface area contributed by atoms with Gasteiger partial charge in [-0.2, -0.15) is 0 Å². The molecule has 208 valence electrons. The minimum Gasteiger partial charge on any atom is -0.497 e. The smallest absolute Gasteiger partial charge is 0.259 e. The van der Waals surface area contributed by atoms with E-state index in [1.807, 2.05) is 72.9 Å². The Kier molecular flexibility index (Phi) is 7.26. The average Bonchev–Trinajstić information content (AvgIpc) is 3.53. The van der Waals surface area contributed by atoms with Crippen LogP contribution in [-0.2, 0) is 12.8 Å². The molecule has 0 spiro atoms. The standard InChI is InChI=1S/C35H35N3O2S/c1-35(2,3)23-15-17-26-30(19-23)41-34(31(26)33(39)37-24-13-9-6-10-14-24)36-21-28-27-20-25(40-4)16-18-29(27)38-32(28)22-11-7-5-8-12-22/h5-14,16,18,20-21,23,38H,15,17,19H2,1-4H3,(H,37,39)/t23-/m1/s1. The first kappa shape index (κ1) is 27.0. The van der Waals surface area contributed by atoms with Crippen LogP contribution in [0.4, 0.5) is 10.7 Å². The van der Waals surface area contributed by atoms with Gasteiger partial charge in [-0.3, -0.25) is 4.79 Å². The summed E-state index contributed by atoms with van der Waals surface area (Å²) in [5.74, 6) is 1.26. The lowest BCUT2D eigenvalue weighted by Crippen LogP contribution is -2.27. The van der Waals surface area contributed by atoms with Gasteiger partial charge in [0, 0.05) is 33.2 Å². The molecule has 0 aliphatic heterocycles. The fraction of sp³-hybridized carbons (Fsp3) is 0.257. The third kappa shape index (κ3) is 5.44. The molecule has 41 heavy (non-hydrogen) atoms. The SMILES string of the molecule is COc1ccc2[nH]c(-c3ccccc3)c(C=Nc3sc4c(c3C(=O)Nc3ccccc3)CC[C@@H](C(C)(C)C)C4)c2c1. The molecule has 2 N–H and O–H groups in total. The van der Waals surface area contributed by atoms with Gasteiger partial charge in [-0.15, -0.1) is 11.3 Å². The lowest BCUT2D eigenvalue weighted by atomic mass is 9.72. The van der Waals surface area contributed by atoms with Crippen LogP contribution in [-0.4, -0.2) is 24.2 Å².